The summed E-state index contributed by atoms with van der Waals surface area (Å²) in [6, 6.07) is 7.10. The number of aromatic nitrogens is 2. The van der Waals surface area contributed by atoms with Crippen LogP contribution in [0.5, 0.6) is 0 Å². The highest BCUT2D eigenvalue weighted by Gasteiger charge is 2.10. The van der Waals surface area contributed by atoms with Crippen molar-refractivity contribution in [3.63, 3.8) is 0 Å². The number of aryl methyl sites for hydroxylation is 1. The second-order valence-corrected chi connectivity index (χ2v) is 5.08. The molecule has 19 heavy (non-hydrogen) atoms. The molecule has 0 aliphatic rings. The molecule has 3 nitrogen and oxygen atoms in total. The van der Waals surface area contributed by atoms with E-state index in [9.17, 15) is 4.39 Å². The zero-order valence-electron chi connectivity index (χ0n) is 11.6. The van der Waals surface area contributed by atoms with E-state index in [-0.39, 0.29) is 11.9 Å². The van der Waals surface area contributed by atoms with Crippen molar-refractivity contribution in [3.8, 4) is 0 Å². The molecule has 0 aliphatic heterocycles. The molecule has 0 amide bonds. The zero-order valence-corrected chi connectivity index (χ0v) is 11.6. The Bertz CT molecular complexity index is 518. The first kappa shape index (κ1) is 13.7. The Hall–Kier alpha value is -1.68. The average Bonchev–Trinajstić information content (AvgIpc) is 2.75. The molecule has 1 aromatic heterocycles. The molecule has 0 saturated carbocycles. The van der Waals surface area contributed by atoms with Gasteiger partial charge in [-0.3, -0.25) is 4.68 Å². The van der Waals surface area contributed by atoms with Gasteiger partial charge in [-0.1, -0.05) is 12.1 Å². The molecular formula is C15H20FN3. The van der Waals surface area contributed by atoms with Crippen molar-refractivity contribution in [3.05, 3.63) is 53.6 Å². The molecule has 0 unspecified atom stereocenters. The summed E-state index contributed by atoms with van der Waals surface area (Å²) in [6.45, 7) is 7.05. The van der Waals surface area contributed by atoms with E-state index < -0.39 is 0 Å². The number of nitrogens with zero attached hydrogens (tertiary/aromatic N) is 2. The summed E-state index contributed by atoms with van der Waals surface area (Å²) < 4.78 is 14.8. The standard InChI is InChI=1S/C15H20FN3/c1-11-8-17-19(9-11)10-12(2)18-13(3)14-4-6-15(16)7-5-14/h4-9,12-13,18H,10H2,1-3H3/t12-,13-/m0/s1. The maximum Gasteiger partial charge on any atom is 0.123 e. The molecule has 0 spiro atoms. The van der Waals surface area contributed by atoms with Gasteiger partial charge in [0.05, 0.1) is 12.7 Å². The van der Waals surface area contributed by atoms with Crippen LogP contribution in [-0.4, -0.2) is 15.8 Å². The summed E-state index contributed by atoms with van der Waals surface area (Å²) in [6.07, 6.45) is 3.89. The third kappa shape index (κ3) is 3.89. The molecule has 0 saturated heterocycles. The van der Waals surface area contributed by atoms with E-state index in [0.29, 0.717) is 6.04 Å². The fraction of sp³-hybridized carbons (Fsp3) is 0.400. The Morgan fingerprint density at radius 3 is 2.53 bits per heavy atom. The van der Waals surface area contributed by atoms with Crippen LogP contribution in [0, 0.1) is 12.7 Å². The number of hydrogen-bond acceptors (Lipinski definition) is 2. The highest BCUT2D eigenvalue weighted by atomic mass is 19.1. The Morgan fingerprint density at radius 1 is 1.26 bits per heavy atom. The topological polar surface area (TPSA) is 29.9 Å². The van der Waals surface area contributed by atoms with Gasteiger partial charge < -0.3 is 5.32 Å². The molecule has 0 aliphatic carbocycles. The van der Waals surface area contributed by atoms with Crippen LogP contribution in [0.1, 0.15) is 31.0 Å². The van der Waals surface area contributed by atoms with Gasteiger partial charge in [-0.25, -0.2) is 4.39 Å². The first-order valence-corrected chi connectivity index (χ1v) is 6.55. The molecule has 2 aromatic rings. The summed E-state index contributed by atoms with van der Waals surface area (Å²) in [4.78, 5) is 0. The SMILES string of the molecule is Cc1cnn(C[C@H](C)N[C@@H](C)c2ccc(F)cc2)c1. The molecular weight excluding hydrogens is 241 g/mol. The molecule has 2 atom stereocenters. The molecule has 102 valence electrons. The number of rotatable bonds is 5. The fourth-order valence-electron chi connectivity index (χ4n) is 2.17. The molecule has 1 N–H and O–H groups in total. The van der Waals surface area contributed by atoms with Crippen LogP contribution in [0.3, 0.4) is 0 Å². The van der Waals surface area contributed by atoms with Gasteiger partial charge in [0.25, 0.3) is 0 Å². The monoisotopic (exact) mass is 261 g/mol. The van der Waals surface area contributed by atoms with Crippen molar-refractivity contribution in [2.24, 2.45) is 0 Å². The molecule has 1 aromatic carbocycles. The average molecular weight is 261 g/mol. The van der Waals surface area contributed by atoms with Gasteiger partial charge in [0, 0.05) is 18.3 Å². The van der Waals surface area contributed by atoms with Gasteiger partial charge in [-0.15, -0.1) is 0 Å². The summed E-state index contributed by atoms with van der Waals surface area (Å²) in [7, 11) is 0. The van der Waals surface area contributed by atoms with E-state index >= 15 is 0 Å². The molecule has 1 heterocycles. The second kappa shape index (κ2) is 5.97. The van der Waals surface area contributed by atoms with Crippen LogP contribution in [0.2, 0.25) is 0 Å². The molecule has 2 rings (SSSR count). The second-order valence-electron chi connectivity index (χ2n) is 5.08. The summed E-state index contributed by atoms with van der Waals surface area (Å²) in [5.41, 5.74) is 2.25. The predicted molar refractivity (Wildman–Crippen MR) is 74.4 cm³/mol. The first-order chi connectivity index (χ1) is 9.04. The van der Waals surface area contributed by atoms with Crippen molar-refractivity contribution in [2.45, 2.75) is 39.4 Å². The van der Waals surface area contributed by atoms with E-state index in [2.05, 4.69) is 24.3 Å². The van der Waals surface area contributed by atoms with E-state index in [4.69, 9.17) is 0 Å². The van der Waals surface area contributed by atoms with Crippen LogP contribution in [0.4, 0.5) is 4.39 Å². The van der Waals surface area contributed by atoms with Gasteiger partial charge in [0.15, 0.2) is 0 Å². The van der Waals surface area contributed by atoms with Gasteiger partial charge in [0.2, 0.25) is 0 Å². The highest BCUT2D eigenvalue weighted by molar-refractivity contribution is 5.19. The Balaban J connectivity index is 1.91. The quantitative estimate of drug-likeness (QED) is 0.896. The zero-order chi connectivity index (χ0) is 13.8. The Labute approximate surface area is 113 Å². The lowest BCUT2D eigenvalue weighted by molar-refractivity contribution is 0.412. The molecule has 0 radical (unpaired) electrons. The maximum atomic E-state index is 12.9. The van der Waals surface area contributed by atoms with Crippen LogP contribution in [-0.2, 0) is 6.54 Å². The largest absolute Gasteiger partial charge is 0.306 e. The van der Waals surface area contributed by atoms with Crippen molar-refractivity contribution in [1.29, 1.82) is 0 Å². The third-order valence-electron chi connectivity index (χ3n) is 3.13. The van der Waals surface area contributed by atoms with E-state index in [1.807, 2.05) is 36.1 Å². The summed E-state index contributed by atoms with van der Waals surface area (Å²) in [5.74, 6) is -0.198. The minimum absolute atomic E-state index is 0.187. The summed E-state index contributed by atoms with van der Waals surface area (Å²) in [5, 5.41) is 7.76. The van der Waals surface area contributed by atoms with E-state index in [0.717, 1.165) is 12.1 Å². The van der Waals surface area contributed by atoms with E-state index in [1.54, 1.807) is 0 Å². The Morgan fingerprint density at radius 2 is 1.95 bits per heavy atom. The molecule has 4 heteroatoms. The number of benzene rings is 1. The Kier molecular flexibility index (Phi) is 4.32. The lowest BCUT2D eigenvalue weighted by Crippen LogP contribution is -2.32. The predicted octanol–water partition coefficient (Wildman–Crippen LogP) is 3.07. The first-order valence-electron chi connectivity index (χ1n) is 6.55. The van der Waals surface area contributed by atoms with Crippen molar-refractivity contribution in [1.82, 2.24) is 15.1 Å². The fourth-order valence-corrected chi connectivity index (χ4v) is 2.17. The van der Waals surface area contributed by atoms with Gasteiger partial charge >= 0.3 is 0 Å². The molecule has 0 bridgehead atoms. The van der Waals surface area contributed by atoms with Gasteiger partial charge in [-0.2, -0.15) is 5.10 Å². The van der Waals surface area contributed by atoms with Gasteiger partial charge in [-0.05, 0) is 44.0 Å². The molecule has 0 fully saturated rings. The highest BCUT2D eigenvalue weighted by Crippen LogP contribution is 2.13. The van der Waals surface area contributed by atoms with Crippen molar-refractivity contribution < 1.29 is 4.39 Å². The van der Waals surface area contributed by atoms with Crippen LogP contribution >= 0.6 is 0 Å². The number of hydrogen-bond donors (Lipinski definition) is 1. The normalized spacial score (nSPS) is 14.3. The lowest BCUT2D eigenvalue weighted by atomic mass is 10.1. The van der Waals surface area contributed by atoms with Crippen molar-refractivity contribution >= 4 is 0 Å². The smallest absolute Gasteiger partial charge is 0.123 e. The maximum absolute atomic E-state index is 12.9. The number of halogens is 1. The lowest BCUT2D eigenvalue weighted by Gasteiger charge is -2.20. The van der Waals surface area contributed by atoms with Crippen molar-refractivity contribution in [2.75, 3.05) is 0 Å². The van der Waals surface area contributed by atoms with Gasteiger partial charge in [0.1, 0.15) is 5.82 Å². The number of nitrogens with one attached hydrogen (secondary N) is 1. The summed E-state index contributed by atoms with van der Waals surface area (Å²) >= 11 is 0. The minimum atomic E-state index is -0.198. The third-order valence-corrected chi connectivity index (χ3v) is 3.13. The van der Waals surface area contributed by atoms with Crippen LogP contribution in [0.25, 0.3) is 0 Å². The van der Waals surface area contributed by atoms with Crippen LogP contribution < -0.4 is 5.32 Å². The van der Waals surface area contributed by atoms with E-state index in [1.165, 1.54) is 17.7 Å². The minimum Gasteiger partial charge on any atom is -0.306 e. The van der Waals surface area contributed by atoms with Crippen LogP contribution in [0.15, 0.2) is 36.7 Å².